The fourth-order valence-electron chi connectivity index (χ4n) is 2.89. The molecule has 1 aromatic rings. The minimum Gasteiger partial charge on any atom is -0.355 e. The van der Waals surface area contributed by atoms with Gasteiger partial charge in [0, 0.05) is 39.1 Å². The van der Waals surface area contributed by atoms with Crippen LogP contribution in [0.4, 0.5) is 0 Å². The maximum Gasteiger partial charge on any atom is 0.216 e. The van der Waals surface area contributed by atoms with Crippen molar-refractivity contribution in [3.8, 4) is 0 Å². The van der Waals surface area contributed by atoms with Crippen molar-refractivity contribution in [1.82, 2.24) is 10.2 Å². The second-order valence-electron chi connectivity index (χ2n) is 5.85. The Morgan fingerprint density at radius 1 is 1.35 bits per heavy atom. The Balaban J connectivity index is 1.93. The summed E-state index contributed by atoms with van der Waals surface area (Å²) in [4.78, 5) is 13.3. The number of aryl methyl sites for hydroxylation is 1. The van der Waals surface area contributed by atoms with Crippen LogP contribution in [0.1, 0.15) is 30.4 Å². The van der Waals surface area contributed by atoms with Crippen LogP contribution in [0.15, 0.2) is 24.3 Å². The zero-order valence-electron chi connectivity index (χ0n) is 12.4. The van der Waals surface area contributed by atoms with Crippen molar-refractivity contribution in [1.29, 1.82) is 0 Å². The van der Waals surface area contributed by atoms with Crippen LogP contribution in [0.2, 0.25) is 0 Å². The van der Waals surface area contributed by atoms with Gasteiger partial charge in [-0.1, -0.05) is 29.8 Å². The molecule has 0 aliphatic carbocycles. The van der Waals surface area contributed by atoms with E-state index in [9.17, 15) is 4.79 Å². The first-order valence-corrected chi connectivity index (χ1v) is 7.33. The molecule has 1 aromatic carbocycles. The predicted octanol–water partition coefficient (Wildman–Crippen LogP) is 1.25. The number of hydrogen-bond donors (Lipinski definition) is 2. The van der Waals surface area contributed by atoms with Crippen molar-refractivity contribution >= 4 is 5.91 Å². The fraction of sp³-hybridized carbons (Fsp3) is 0.562. The molecule has 0 radical (unpaired) electrons. The summed E-state index contributed by atoms with van der Waals surface area (Å²) in [6, 6.07) is 8.97. The smallest absolute Gasteiger partial charge is 0.216 e. The highest BCUT2D eigenvalue weighted by atomic mass is 16.1. The Kier molecular flexibility index (Phi) is 5.15. The van der Waals surface area contributed by atoms with Crippen molar-refractivity contribution in [2.24, 2.45) is 5.73 Å². The van der Waals surface area contributed by atoms with Gasteiger partial charge in [-0.3, -0.25) is 9.69 Å². The molecule has 3 N–H and O–H groups in total. The fourth-order valence-corrected chi connectivity index (χ4v) is 2.89. The van der Waals surface area contributed by atoms with Gasteiger partial charge in [0.1, 0.15) is 0 Å². The molecule has 0 aromatic heterocycles. The van der Waals surface area contributed by atoms with Crippen molar-refractivity contribution in [3.05, 3.63) is 35.4 Å². The van der Waals surface area contributed by atoms with Crippen LogP contribution in [0.25, 0.3) is 0 Å². The summed E-state index contributed by atoms with van der Waals surface area (Å²) in [6.07, 6.45) is 1.04. The van der Waals surface area contributed by atoms with Crippen LogP contribution in [0.3, 0.4) is 0 Å². The van der Waals surface area contributed by atoms with E-state index in [4.69, 9.17) is 5.73 Å². The molecule has 4 heteroatoms. The molecule has 2 atom stereocenters. The SMILES string of the molecule is CC(=O)NCCN1CC(N)CC(c2ccc(C)cc2)C1. The van der Waals surface area contributed by atoms with Crippen LogP contribution in [-0.2, 0) is 4.79 Å². The highest BCUT2D eigenvalue weighted by Gasteiger charge is 2.25. The van der Waals surface area contributed by atoms with Crippen LogP contribution >= 0.6 is 0 Å². The normalized spacial score (nSPS) is 23.6. The summed E-state index contributed by atoms with van der Waals surface area (Å²) >= 11 is 0. The lowest BCUT2D eigenvalue weighted by molar-refractivity contribution is -0.119. The molecular weight excluding hydrogens is 250 g/mol. The molecule has 1 fully saturated rings. The first-order valence-electron chi connectivity index (χ1n) is 7.33. The van der Waals surface area contributed by atoms with Crippen molar-refractivity contribution in [2.45, 2.75) is 32.2 Å². The first kappa shape index (κ1) is 15.0. The maximum atomic E-state index is 10.9. The van der Waals surface area contributed by atoms with Crippen LogP contribution in [0, 0.1) is 6.92 Å². The molecule has 1 amide bonds. The topological polar surface area (TPSA) is 58.4 Å². The largest absolute Gasteiger partial charge is 0.355 e. The zero-order chi connectivity index (χ0) is 14.5. The van der Waals surface area contributed by atoms with E-state index in [2.05, 4.69) is 41.4 Å². The summed E-state index contributed by atoms with van der Waals surface area (Å²) in [7, 11) is 0. The van der Waals surface area contributed by atoms with Gasteiger partial charge in [0.15, 0.2) is 0 Å². The lowest BCUT2D eigenvalue weighted by atomic mass is 9.88. The number of nitrogens with two attached hydrogens (primary N) is 1. The maximum absolute atomic E-state index is 10.9. The summed E-state index contributed by atoms with van der Waals surface area (Å²) in [5, 5.41) is 2.85. The minimum absolute atomic E-state index is 0.0291. The number of nitrogens with zero attached hydrogens (tertiary/aromatic N) is 1. The number of carbonyl (C=O) groups is 1. The monoisotopic (exact) mass is 275 g/mol. The lowest BCUT2D eigenvalue weighted by Gasteiger charge is -2.36. The van der Waals surface area contributed by atoms with E-state index >= 15 is 0 Å². The average Bonchev–Trinajstić information content (AvgIpc) is 2.38. The average molecular weight is 275 g/mol. The molecule has 1 aliphatic heterocycles. The number of likely N-dealkylation sites (tertiary alicyclic amines) is 1. The Labute approximate surface area is 121 Å². The standard InChI is InChI=1S/C16H25N3O/c1-12-3-5-14(6-4-12)15-9-16(17)11-19(10-15)8-7-18-13(2)20/h3-6,15-16H,7-11,17H2,1-2H3,(H,18,20). The molecule has 20 heavy (non-hydrogen) atoms. The quantitative estimate of drug-likeness (QED) is 0.869. The third-order valence-corrected chi connectivity index (χ3v) is 3.91. The van der Waals surface area contributed by atoms with Gasteiger partial charge in [-0.25, -0.2) is 0 Å². The van der Waals surface area contributed by atoms with Gasteiger partial charge in [-0.15, -0.1) is 0 Å². The van der Waals surface area contributed by atoms with Gasteiger partial charge in [-0.05, 0) is 24.8 Å². The van der Waals surface area contributed by atoms with E-state index in [0.717, 1.165) is 26.1 Å². The molecule has 110 valence electrons. The number of piperidine rings is 1. The molecule has 2 unspecified atom stereocenters. The van der Waals surface area contributed by atoms with E-state index < -0.39 is 0 Å². The Bertz CT molecular complexity index is 444. The lowest BCUT2D eigenvalue weighted by Crippen LogP contribution is -2.48. The van der Waals surface area contributed by atoms with Gasteiger partial charge in [0.25, 0.3) is 0 Å². The van der Waals surface area contributed by atoms with E-state index in [1.165, 1.54) is 11.1 Å². The number of carbonyl (C=O) groups excluding carboxylic acids is 1. The van der Waals surface area contributed by atoms with Crippen molar-refractivity contribution in [2.75, 3.05) is 26.2 Å². The Morgan fingerprint density at radius 3 is 2.70 bits per heavy atom. The van der Waals surface area contributed by atoms with E-state index in [-0.39, 0.29) is 11.9 Å². The van der Waals surface area contributed by atoms with Gasteiger partial charge in [0.2, 0.25) is 5.91 Å². The minimum atomic E-state index is 0.0291. The first-order chi connectivity index (χ1) is 9.54. The number of benzene rings is 1. The number of rotatable bonds is 4. The Hall–Kier alpha value is -1.39. The van der Waals surface area contributed by atoms with Crippen LogP contribution in [-0.4, -0.2) is 43.0 Å². The highest BCUT2D eigenvalue weighted by molar-refractivity contribution is 5.72. The third-order valence-electron chi connectivity index (χ3n) is 3.91. The van der Waals surface area contributed by atoms with E-state index in [1.807, 2.05) is 0 Å². The summed E-state index contributed by atoms with van der Waals surface area (Å²) in [6.45, 7) is 7.17. The number of hydrogen-bond acceptors (Lipinski definition) is 3. The number of nitrogens with one attached hydrogen (secondary N) is 1. The van der Waals surface area contributed by atoms with Gasteiger partial charge in [-0.2, -0.15) is 0 Å². The molecular formula is C16H25N3O. The molecule has 4 nitrogen and oxygen atoms in total. The molecule has 1 heterocycles. The summed E-state index contributed by atoms with van der Waals surface area (Å²) in [5.41, 5.74) is 8.84. The van der Waals surface area contributed by atoms with Crippen molar-refractivity contribution in [3.63, 3.8) is 0 Å². The molecule has 1 saturated heterocycles. The summed E-state index contributed by atoms with van der Waals surface area (Å²) < 4.78 is 0. The van der Waals surface area contributed by atoms with Gasteiger partial charge in [0.05, 0.1) is 0 Å². The van der Waals surface area contributed by atoms with Crippen LogP contribution in [0.5, 0.6) is 0 Å². The van der Waals surface area contributed by atoms with E-state index in [0.29, 0.717) is 12.5 Å². The predicted molar refractivity (Wildman–Crippen MR) is 81.6 cm³/mol. The molecule has 0 bridgehead atoms. The molecule has 2 rings (SSSR count). The second-order valence-corrected chi connectivity index (χ2v) is 5.85. The van der Waals surface area contributed by atoms with Crippen molar-refractivity contribution < 1.29 is 4.79 Å². The zero-order valence-corrected chi connectivity index (χ0v) is 12.4. The second kappa shape index (κ2) is 6.86. The number of amides is 1. The van der Waals surface area contributed by atoms with Gasteiger partial charge >= 0.3 is 0 Å². The highest BCUT2D eigenvalue weighted by Crippen LogP contribution is 2.26. The third kappa shape index (κ3) is 4.32. The van der Waals surface area contributed by atoms with E-state index in [1.54, 1.807) is 6.92 Å². The Morgan fingerprint density at radius 2 is 2.05 bits per heavy atom. The molecule has 0 saturated carbocycles. The molecule has 0 spiro atoms. The van der Waals surface area contributed by atoms with Crippen LogP contribution < -0.4 is 11.1 Å². The van der Waals surface area contributed by atoms with Gasteiger partial charge < -0.3 is 11.1 Å². The summed E-state index contributed by atoms with van der Waals surface area (Å²) in [5.74, 6) is 0.526. The molecule has 1 aliphatic rings.